The predicted molar refractivity (Wildman–Crippen MR) is 60.9 cm³/mol. The molecule has 2 heterocycles. The minimum atomic E-state index is 0.375. The summed E-state index contributed by atoms with van der Waals surface area (Å²) in [7, 11) is 0. The van der Waals surface area contributed by atoms with Crippen molar-refractivity contribution >= 4 is 5.82 Å². The lowest BCUT2D eigenvalue weighted by Gasteiger charge is -2.28. The number of rotatable bonds is 2. The summed E-state index contributed by atoms with van der Waals surface area (Å²) in [6.07, 6.45) is 3.63. The molecular weight excluding hydrogens is 202 g/mol. The molecule has 0 saturated carbocycles. The molecule has 16 heavy (non-hydrogen) atoms. The van der Waals surface area contributed by atoms with Gasteiger partial charge in [-0.15, -0.1) is 5.10 Å². The van der Waals surface area contributed by atoms with Crippen molar-refractivity contribution in [2.24, 2.45) is 0 Å². The highest BCUT2D eigenvalue weighted by atomic mass is 15.2. The molecule has 0 aliphatic carbocycles. The fraction of sp³-hybridized carbons (Fsp3) is 0.545. The van der Waals surface area contributed by atoms with Crippen molar-refractivity contribution in [3.05, 3.63) is 17.8 Å². The second-order valence-electron chi connectivity index (χ2n) is 4.13. The maximum absolute atomic E-state index is 8.93. The smallest absolute Gasteiger partial charge is 0.166 e. The van der Waals surface area contributed by atoms with Gasteiger partial charge in [-0.1, -0.05) is 0 Å². The van der Waals surface area contributed by atoms with Crippen molar-refractivity contribution in [1.29, 1.82) is 5.26 Å². The molecule has 1 aromatic rings. The Labute approximate surface area is 94.9 Å². The Hall–Kier alpha value is -1.67. The lowest BCUT2D eigenvalue weighted by Crippen LogP contribution is -2.41. The van der Waals surface area contributed by atoms with E-state index in [1.807, 2.05) is 0 Å². The molecule has 0 aromatic carbocycles. The Bertz CT molecular complexity index is 398. The first-order chi connectivity index (χ1) is 7.79. The Morgan fingerprint density at radius 2 is 2.50 bits per heavy atom. The summed E-state index contributed by atoms with van der Waals surface area (Å²) in [6.45, 7) is 3.16. The van der Waals surface area contributed by atoms with Gasteiger partial charge in [-0.2, -0.15) is 10.4 Å². The zero-order chi connectivity index (χ0) is 11.4. The van der Waals surface area contributed by atoms with Crippen molar-refractivity contribution in [1.82, 2.24) is 15.5 Å². The van der Waals surface area contributed by atoms with Gasteiger partial charge in [0.1, 0.15) is 6.07 Å². The van der Waals surface area contributed by atoms with Crippen LogP contribution >= 0.6 is 0 Å². The van der Waals surface area contributed by atoms with Crippen LogP contribution in [0.1, 0.15) is 25.3 Å². The van der Waals surface area contributed by atoms with E-state index in [0.29, 0.717) is 23.5 Å². The van der Waals surface area contributed by atoms with Crippen LogP contribution in [0.4, 0.5) is 5.82 Å². The average Bonchev–Trinajstić information content (AvgIpc) is 2.30. The van der Waals surface area contributed by atoms with E-state index in [1.165, 1.54) is 6.20 Å². The maximum Gasteiger partial charge on any atom is 0.166 e. The molecule has 5 nitrogen and oxygen atoms in total. The van der Waals surface area contributed by atoms with Gasteiger partial charge in [0, 0.05) is 12.1 Å². The topological polar surface area (TPSA) is 73.6 Å². The fourth-order valence-corrected chi connectivity index (χ4v) is 1.98. The summed E-state index contributed by atoms with van der Waals surface area (Å²) in [5.74, 6) is 0.601. The van der Waals surface area contributed by atoms with E-state index in [9.17, 15) is 0 Å². The normalized spacial score (nSPS) is 24.8. The van der Waals surface area contributed by atoms with Crippen LogP contribution in [0.15, 0.2) is 12.3 Å². The molecule has 0 spiro atoms. The van der Waals surface area contributed by atoms with Gasteiger partial charge < -0.3 is 10.6 Å². The average molecular weight is 217 g/mol. The lowest BCUT2D eigenvalue weighted by molar-refractivity contribution is 0.395. The van der Waals surface area contributed by atoms with Gasteiger partial charge in [-0.05, 0) is 32.4 Å². The number of hydrogen-bond acceptors (Lipinski definition) is 5. The summed E-state index contributed by atoms with van der Waals surface area (Å²) in [4.78, 5) is 0. The van der Waals surface area contributed by atoms with Gasteiger partial charge in [-0.3, -0.25) is 0 Å². The van der Waals surface area contributed by atoms with Crippen molar-refractivity contribution < 1.29 is 0 Å². The largest absolute Gasteiger partial charge is 0.365 e. The highest BCUT2D eigenvalue weighted by molar-refractivity contribution is 5.50. The van der Waals surface area contributed by atoms with Crippen LogP contribution in [0.25, 0.3) is 0 Å². The second-order valence-corrected chi connectivity index (χ2v) is 4.13. The van der Waals surface area contributed by atoms with E-state index in [4.69, 9.17) is 5.26 Å². The summed E-state index contributed by atoms with van der Waals surface area (Å²) in [5, 5.41) is 23.4. The molecule has 0 bridgehead atoms. The zero-order valence-electron chi connectivity index (χ0n) is 9.27. The standard InChI is InChI=1S/C11H15N5/c1-8-6-10(3-4-13-8)15-11-9(7-12)2-5-14-16-11/h2,5,8,10,13H,3-4,6H2,1H3,(H,15,16). The fourth-order valence-electron chi connectivity index (χ4n) is 1.98. The minimum absolute atomic E-state index is 0.375. The van der Waals surface area contributed by atoms with E-state index in [1.54, 1.807) is 6.07 Å². The first kappa shape index (κ1) is 10.8. The highest BCUT2D eigenvalue weighted by Gasteiger charge is 2.19. The molecule has 0 radical (unpaired) electrons. The number of piperidine rings is 1. The van der Waals surface area contributed by atoms with Gasteiger partial charge in [0.05, 0.1) is 11.8 Å². The first-order valence-electron chi connectivity index (χ1n) is 5.51. The molecule has 1 aliphatic rings. The van der Waals surface area contributed by atoms with E-state index >= 15 is 0 Å². The number of aromatic nitrogens is 2. The van der Waals surface area contributed by atoms with E-state index in [2.05, 4.69) is 33.8 Å². The Kier molecular flexibility index (Phi) is 3.32. The summed E-state index contributed by atoms with van der Waals surface area (Å²) in [6, 6.07) is 4.68. The number of nitrogens with one attached hydrogen (secondary N) is 2. The number of hydrogen-bond donors (Lipinski definition) is 2. The molecule has 2 atom stereocenters. The van der Waals surface area contributed by atoms with Crippen LogP contribution in [0.5, 0.6) is 0 Å². The van der Waals surface area contributed by atoms with E-state index < -0.39 is 0 Å². The highest BCUT2D eigenvalue weighted by Crippen LogP contribution is 2.16. The molecule has 2 rings (SSSR count). The van der Waals surface area contributed by atoms with E-state index in [0.717, 1.165) is 19.4 Å². The zero-order valence-corrected chi connectivity index (χ0v) is 9.27. The SMILES string of the molecule is CC1CC(Nc2nnccc2C#N)CCN1. The van der Waals surface area contributed by atoms with Gasteiger partial charge in [-0.25, -0.2) is 0 Å². The number of nitriles is 1. The molecule has 1 saturated heterocycles. The molecule has 1 aliphatic heterocycles. The molecule has 1 fully saturated rings. The van der Waals surface area contributed by atoms with Gasteiger partial charge in [0.15, 0.2) is 5.82 Å². The van der Waals surface area contributed by atoms with Crippen LogP contribution < -0.4 is 10.6 Å². The molecule has 1 aromatic heterocycles. The monoisotopic (exact) mass is 217 g/mol. The third-order valence-electron chi connectivity index (χ3n) is 2.81. The van der Waals surface area contributed by atoms with E-state index in [-0.39, 0.29) is 0 Å². The molecule has 2 N–H and O–H groups in total. The van der Waals surface area contributed by atoms with Crippen LogP contribution in [-0.4, -0.2) is 28.8 Å². The second kappa shape index (κ2) is 4.90. The number of anilines is 1. The van der Waals surface area contributed by atoms with Crippen LogP contribution in [0, 0.1) is 11.3 Å². The van der Waals surface area contributed by atoms with Crippen LogP contribution in [0.3, 0.4) is 0 Å². The van der Waals surface area contributed by atoms with Crippen molar-refractivity contribution in [3.63, 3.8) is 0 Å². The Morgan fingerprint density at radius 1 is 1.62 bits per heavy atom. The Balaban J connectivity index is 2.06. The summed E-state index contributed by atoms with van der Waals surface area (Å²) in [5.41, 5.74) is 0.557. The van der Waals surface area contributed by atoms with Crippen molar-refractivity contribution in [3.8, 4) is 6.07 Å². The third kappa shape index (κ3) is 2.47. The van der Waals surface area contributed by atoms with Crippen LogP contribution in [0.2, 0.25) is 0 Å². The van der Waals surface area contributed by atoms with Gasteiger partial charge in [0.2, 0.25) is 0 Å². The minimum Gasteiger partial charge on any atom is -0.365 e. The predicted octanol–water partition coefficient (Wildman–Crippen LogP) is 0.901. The summed E-state index contributed by atoms with van der Waals surface area (Å²) >= 11 is 0. The van der Waals surface area contributed by atoms with Gasteiger partial charge in [0.25, 0.3) is 0 Å². The number of nitrogens with zero attached hydrogens (tertiary/aromatic N) is 3. The first-order valence-corrected chi connectivity index (χ1v) is 5.51. The maximum atomic E-state index is 8.93. The molecule has 84 valence electrons. The van der Waals surface area contributed by atoms with Crippen molar-refractivity contribution in [2.45, 2.75) is 31.8 Å². The molecular formula is C11H15N5. The third-order valence-corrected chi connectivity index (χ3v) is 2.81. The van der Waals surface area contributed by atoms with Crippen molar-refractivity contribution in [2.75, 3.05) is 11.9 Å². The lowest BCUT2D eigenvalue weighted by atomic mass is 10.0. The molecule has 2 unspecified atom stereocenters. The molecule has 5 heteroatoms. The van der Waals surface area contributed by atoms with Crippen LogP contribution in [-0.2, 0) is 0 Å². The summed E-state index contributed by atoms with van der Waals surface area (Å²) < 4.78 is 0. The van der Waals surface area contributed by atoms with Gasteiger partial charge >= 0.3 is 0 Å². The quantitative estimate of drug-likeness (QED) is 0.770. The molecule has 0 amide bonds. The Morgan fingerprint density at radius 3 is 3.25 bits per heavy atom.